The Balaban J connectivity index is 2.00. The van der Waals surface area contributed by atoms with Gasteiger partial charge in [0.25, 0.3) is 0 Å². The van der Waals surface area contributed by atoms with Crippen molar-refractivity contribution >= 4 is 0 Å². The number of fused-ring (bicyclic) bond motifs is 1. The maximum Gasteiger partial charge on any atom is 0.0956 e. The first-order valence-corrected chi connectivity index (χ1v) is 6.24. The number of H-pyrrole nitrogens is 1. The molecule has 3 nitrogen and oxygen atoms in total. The van der Waals surface area contributed by atoms with Crippen LogP contribution in [0.3, 0.4) is 0 Å². The predicted octanol–water partition coefficient (Wildman–Crippen LogP) is 2.28. The van der Waals surface area contributed by atoms with Gasteiger partial charge >= 0.3 is 0 Å². The molecule has 1 aromatic heterocycles. The average molecular weight is 227 g/mol. The third-order valence-corrected chi connectivity index (χ3v) is 3.44. The molecule has 88 valence electrons. The average Bonchev–Trinajstić information content (AvgIpc) is 2.83. The highest BCUT2D eigenvalue weighted by Gasteiger charge is 2.17. The Labute approximate surface area is 101 Å². The van der Waals surface area contributed by atoms with Crippen molar-refractivity contribution in [1.82, 2.24) is 15.5 Å². The molecule has 3 heteroatoms. The molecule has 0 unspecified atom stereocenters. The van der Waals surface area contributed by atoms with Crippen LogP contribution in [0.1, 0.15) is 23.7 Å². The number of nitrogens with zero attached hydrogens (tertiary/aromatic N) is 1. The van der Waals surface area contributed by atoms with Crippen LogP contribution in [0.5, 0.6) is 0 Å². The van der Waals surface area contributed by atoms with Gasteiger partial charge in [0.2, 0.25) is 0 Å². The Hall–Kier alpha value is -1.61. The first-order valence-electron chi connectivity index (χ1n) is 6.24. The Morgan fingerprint density at radius 3 is 2.82 bits per heavy atom. The molecule has 3 rings (SSSR count). The summed E-state index contributed by atoms with van der Waals surface area (Å²) in [4.78, 5) is 0. The van der Waals surface area contributed by atoms with Gasteiger partial charge in [-0.1, -0.05) is 31.2 Å². The van der Waals surface area contributed by atoms with E-state index in [1.54, 1.807) is 0 Å². The second kappa shape index (κ2) is 4.34. The van der Waals surface area contributed by atoms with Gasteiger partial charge in [-0.2, -0.15) is 5.10 Å². The number of nitrogens with one attached hydrogen (secondary N) is 2. The van der Waals surface area contributed by atoms with Gasteiger partial charge in [0.05, 0.1) is 11.4 Å². The van der Waals surface area contributed by atoms with Crippen molar-refractivity contribution in [3.05, 3.63) is 41.1 Å². The van der Waals surface area contributed by atoms with E-state index in [0.717, 1.165) is 31.6 Å². The van der Waals surface area contributed by atoms with Crippen LogP contribution in [-0.2, 0) is 19.4 Å². The third kappa shape index (κ3) is 1.87. The first-order chi connectivity index (χ1) is 8.38. The first kappa shape index (κ1) is 10.5. The Bertz CT molecular complexity index is 511. The zero-order valence-electron chi connectivity index (χ0n) is 10.1. The molecule has 1 aliphatic heterocycles. The molecule has 2 aromatic rings. The molecule has 0 saturated heterocycles. The van der Waals surface area contributed by atoms with Crippen LogP contribution >= 0.6 is 0 Å². The normalized spacial score (nSPS) is 14.6. The minimum atomic E-state index is 0.912. The lowest BCUT2D eigenvalue weighted by atomic mass is 10.00. The van der Waals surface area contributed by atoms with Crippen molar-refractivity contribution in [1.29, 1.82) is 0 Å². The predicted molar refractivity (Wildman–Crippen MR) is 68.8 cm³/mol. The van der Waals surface area contributed by atoms with E-state index in [4.69, 9.17) is 0 Å². The summed E-state index contributed by atoms with van der Waals surface area (Å²) in [5.74, 6) is 0. The summed E-state index contributed by atoms with van der Waals surface area (Å²) in [6, 6.07) is 8.74. The van der Waals surface area contributed by atoms with Gasteiger partial charge in [-0.3, -0.25) is 5.10 Å². The quantitative estimate of drug-likeness (QED) is 0.826. The van der Waals surface area contributed by atoms with Gasteiger partial charge in [-0.25, -0.2) is 0 Å². The SMILES string of the molecule is CCc1ccc(-c2n[nH]c3c2CCNC3)cc1. The maximum absolute atomic E-state index is 4.46. The third-order valence-electron chi connectivity index (χ3n) is 3.44. The van der Waals surface area contributed by atoms with Gasteiger partial charge < -0.3 is 5.32 Å². The van der Waals surface area contributed by atoms with Crippen molar-refractivity contribution in [3.8, 4) is 11.3 Å². The smallest absolute Gasteiger partial charge is 0.0956 e. The van der Waals surface area contributed by atoms with E-state index < -0.39 is 0 Å². The van der Waals surface area contributed by atoms with E-state index >= 15 is 0 Å². The second-order valence-corrected chi connectivity index (χ2v) is 4.51. The summed E-state index contributed by atoms with van der Waals surface area (Å²) in [5, 5.41) is 11.0. The molecule has 0 aliphatic carbocycles. The highest BCUT2D eigenvalue weighted by atomic mass is 15.1. The summed E-state index contributed by atoms with van der Waals surface area (Å²) in [6.45, 7) is 4.14. The van der Waals surface area contributed by atoms with Crippen LogP contribution in [0.2, 0.25) is 0 Å². The Morgan fingerprint density at radius 2 is 2.06 bits per heavy atom. The number of benzene rings is 1. The number of aromatic amines is 1. The molecule has 2 N–H and O–H groups in total. The molecular weight excluding hydrogens is 210 g/mol. The minimum Gasteiger partial charge on any atom is -0.311 e. The summed E-state index contributed by atoms with van der Waals surface area (Å²) in [6.07, 6.45) is 2.15. The molecule has 0 saturated carbocycles. The van der Waals surface area contributed by atoms with Gasteiger partial charge in [0.15, 0.2) is 0 Å². The van der Waals surface area contributed by atoms with Gasteiger partial charge in [-0.05, 0) is 24.9 Å². The number of hydrogen-bond donors (Lipinski definition) is 2. The van der Waals surface area contributed by atoms with Crippen LogP contribution in [0.4, 0.5) is 0 Å². The van der Waals surface area contributed by atoms with E-state index in [1.807, 2.05) is 0 Å². The molecule has 0 spiro atoms. The van der Waals surface area contributed by atoms with Gasteiger partial charge in [0, 0.05) is 17.7 Å². The van der Waals surface area contributed by atoms with E-state index in [-0.39, 0.29) is 0 Å². The zero-order chi connectivity index (χ0) is 11.7. The van der Waals surface area contributed by atoms with Crippen LogP contribution in [-0.4, -0.2) is 16.7 Å². The minimum absolute atomic E-state index is 0.912. The highest BCUT2D eigenvalue weighted by molar-refractivity contribution is 5.64. The summed E-state index contributed by atoms with van der Waals surface area (Å²) >= 11 is 0. The van der Waals surface area contributed by atoms with Crippen LogP contribution < -0.4 is 5.32 Å². The lowest BCUT2D eigenvalue weighted by molar-refractivity contribution is 0.633. The van der Waals surface area contributed by atoms with Crippen LogP contribution in [0, 0.1) is 0 Å². The number of aromatic nitrogens is 2. The van der Waals surface area contributed by atoms with Crippen molar-refractivity contribution in [2.24, 2.45) is 0 Å². The fourth-order valence-electron chi connectivity index (χ4n) is 2.38. The Morgan fingerprint density at radius 1 is 1.24 bits per heavy atom. The van der Waals surface area contributed by atoms with Crippen LogP contribution in [0.25, 0.3) is 11.3 Å². The van der Waals surface area contributed by atoms with E-state index in [9.17, 15) is 0 Å². The standard InChI is InChI=1S/C14H17N3/c1-2-10-3-5-11(6-4-10)14-12-7-8-15-9-13(12)16-17-14/h3-6,15H,2,7-9H2,1H3,(H,16,17). The molecule has 0 atom stereocenters. The van der Waals surface area contributed by atoms with E-state index in [2.05, 4.69) is 46.7 Å². The largest absolute Gasteiger partial charge is 0.311 e. The lowest BCUT2D eigenvalue weighted by Crippen LogP contribution is -2.23. The lowest BCUT2D eigenvalue weighted by Gasteiger charge is -2.12. The number of aryl methyl sites for hydroxylation is 1. The fraction of sp³-hybridized carbons (Fsp3) is 0.357. The van der Waals surface area contributed by atoms with E-state index in [0.29, 0.717) is 0 Å². The molecule has 0 radical (unpaired) electrons. The zero-order valence-corrected chi connectivity index (χ0v) is 10.1. The molecular formula is C14H17N3. The molecule has 1 aromatic carbocycles. The second-order valence-electron chi connectivity index (χ2n) is 4.51. The molecule has 2 heterocycles. The monoisotopic (exact) mass is 227 g/mol. The summed E-state index contributed by atoms with van der Waals surface area (Å²) in [7, 11) is 0. The number of hydrogen-bond acceptors (Lipinski definition) is 2. The molecule has 17 heavy (non-hydrogen) atoms. The van der Waals surface area contributed by atoms with Crippen molar-refractivity contribution in [2.75, 3.05) is 6.54 Å². The van der Waals surface area contributed by atoms with Gasteiger partial charge in [-0.15, -0.1) is 0 Å². The maximum atomic E-state index is 4.46. The molecule has 1 aliphatic rings. The Kier molecular flexibility index (Phi) is 2.69. The van der Waals surface area contributed by atoms with Crippen molar-refractivity contribution in [2.45, 2.75) is 26.3 Å². The van der Waals surface area contributed by atoms with Gasteiger partial charge in [0.1, 0.15) is 0 Å². The van der Waals surface area contributed by atoms with Crippen LogP contribution in [0.15, 0.2) is 24.3 Å². The molecule has 0 fully saturated rings. The highest BCUT2D eigenvalue weighted by Crippen LogP contribution is 2.26. The molecule has 0 amide bonds. The van der Waals surface area contributed by atoms with Crippen molar-refractivity contribution < 1.29 is 0 Å². The summed E-state index contributed by atoms with van der Waals surface area (Å²) in [5.41, 5.74) is 6.35. The fourth-order valence-corrected chi connectivity index (χ4v) is 2.38. The number of rotatable bonds is 2. The molecule has 0 bridgehead atoms. The summed E-state index contributed by atoms with van der Waals surface area (Å²) < 4.78 is 0. The van der Waals surface area contributed by atoms with Crippen molar-refractivity contribution in [3.63, 3.8) is 0 Å². The topological polar surface area (TPSA) is 40.7 Å². The van der Waals surface area contributed by atoms with E-state index in [1.165, 1.54) is 22.4 Å².